The first-order valence-corrected chi connectivity index (χ1v) is 6.26. The Bertz CT molecular complexity index is 494. The Kier molecular flexibility index (Phi) is 2.71. The van der Waals surface area contributed by atoms with Crippen LogP contribution in [0.1, 0.15) is 48.9 Å². The van der Waals surface area contributed by atoms with Gasteiger partial charge in [-0.1, -0.05) is 18.0 Å². The Morgan fingerprint density at radius 2 is 2.24 bits per heavy atom. The summed E-state index contributed by atoms with van der Waals surface area (Å²) in [7, 11) is 0. The topological polar surface area (TPSA) is 43.9 Å². The molecule has 17 heavy (non-hydrogen) atoms. The molecule has 0 saturated heterocycles. The number of aryl methyl sites for hydroxylation is 1. The molecule has 0 spiro atoms. The number of rotatable bonds is 3. The molecule has 3 rings (SSSR count). The van der Waals surface area contributed by atoms with E-state index in [0.717, 1.165) is 18.0 Å². The predicted octanol–water partition coefficient (Wildman–Crippen LogP) is 2.89. The van der Waals surface area contributed by atoms with Crippen molar-refractivity contribution in [2.75, 3.05) is 0 Å². The van der Waals surface area contributed by atoms with Gasteiger partial charge in [-0.2, -0.15) is 0 Å². The summed E-state index contributed by atoms with van der Waals surface area (Å²) in [5, 5.41) is 4.03. The van der Waals surface area contributed by atoms with Crippen molar-refractivity contribution in [2.24, 2.45) is 0 Å². The molecule has 0 atom stereocenters. The van der Waals surface area contributed by atoms with Crippen molar-refractivity contribution >= 4 is 0 Å². The van der Waals surface area contributed by atoms with Crippen LogP contribution in [0, 0.1) is 6.92 Å². The van der Waals surface area contributed by atoms with E-state index in [4.69, 9.17) is 4.52 Å². The van der Waals surface area contributed by atoms with E-state index in [1.54, 1.807) is 0 Å². The van der Waals surface area contributed by atoms with Crippen LogP contribution in [-0.2, 0) is 6.54 Å². The normalized spacial score (nSPS) is 16.8. The monoisotopic (exact) mass is 231 g/mol. The quantitative estimate of drug-likeness (QED) is 0.815. The maximum absolute atomic E-state index is 5.09. The lowest BCUT2D eigenvalue weighted by atomic mass is 10.1. The van der Waals surface area contributed by atoms with Crippen LogP contribution in [0.5, 0.6) is 0 Å². The SMILES string of the molecule is Cc1cc(Cn2ccnc2C2CCCC2)no1. The minimum atomic E-state index is 0.637. The zero-order valence-electron chi connectivity index (χ0n) is 10.1. The van der Waals surface area contributed by atoms with Gasteiger partial charge in [0.2, 0.25) is 0 Å². The van der Waals surface area contributed by atoms with Gasteiger partial charge in [-0.3, -0.25) is 0 Å². The maximum atomic E-state index is 5.09. The molecule has 0 aliphatic heterocycles. The zero-order valence-corrected chi connectivity index (χ0v) is 10.1. The second-order valence-electron chi connectivity index (χ2n) is 4.82. The van der Waals surface area contributed by atoms with E-state index in [1.807, 2.05) is 25.4 Å². The third-order valence-electron chi connectivity index (χ3n) is 3.48. The molecule has 0 amide bonds. The van der Waals surface area contributed by atoms with Gasteiger partial charge in [0.05, 0.1) is 6.54 Å². The lowest BCUT2D eigenvalue weighted by Gasteiger charge is -2.11. The Morgan fingerprint density at radius 1 is 1.41 bits per heavy atom. The van der Waals surface area contributed by atoms with Gasteiger partial charge in [0.15, 0.2) is 0 Å². The number of hydrogen-bond donors (Lipinski definition) is 0. The van der Waals surface area contributed by atoms with Crippen LogP contribution in [0.15, 0.2) is 23.0 Å². The van der Waals surface area contributed by atoms with Gasteiger partial charge in [-0.05, 0) is 19.8 Å². The average Bonchev–Trinajstić information content (AvgIpc) is 3.00. The minimum Gasteiger partial charge on any atom is -0.361 e. The van der Waals surface area contributed by atoms with Crippen LogP contribution in [0.25, 0.3) is 0 Å². The fourth-order valence-electron chi connectivity index (χ4n) is 2.67. The van der Waals surface area contributed by atoms with E-state index in [2.05, 4.69) is 14.7 Å². The van der Waals surface area contributed by atoms with E-state index in [9.17, 15) is 0 Å². The zero-order chi connectivity index (χ0) is 11.7. The third-order valence-corrected chi connectivity index (χ3v) is 3.48. The van der Waals surface area contributed by atoms with Gasteiger partial charge in [0.25, 0.3) is 0 Å². The molecule has 0 radical (unpaired) electrons. The van der Waals surface area contributed by atoms with Crippen LogP contribution < -0.4 is 0 Å². The summed E-state index contributed by atoms with van der Waals surface area (Å²) in [5.41, 5.74) is 0.972. The highest BCUT2D eigenvalue weighted by molar-refractivity contribution is 5.09. The molecular formula is C13H17N3O. The molecule has 2 heterocycles. The Balaban J connectivity index is 1.81. The number of aromatic nitrogens is 3. The molecular weight excluding hydrogens is 214 g/mol. The van der Waals surface area contributed by atoms with E-state index in [0.29, 0.717) is 5.92 Å². The van der Waals surface area contributed by atoms with Crippen molar-refractivity contribution in [1.29, 1.82) is 0 Å². The molecule has 4 heteroatoms. The van der Waals surface area contributed by atoms with Crippen molar-refractivity contribution in [2.45, 2.75) is 45.1 Å². The van der Waals surface area contributed by atoms with Crippen molar-refractivity contribution < 1.29 is 4.52 Å². The fourth-order valence-corrected chi connectivity index (χ4v) is 2.67. The molecule has 1 aliphatic rings. The lowest BCUT2D eigenvalue weighted by molar-refractivity contribution is 0.388. The molecule has 1 aliphatic carbocycles. The first-order chi connectivity index (χ1) is 8.33. The first kappa shape index (κ1) is 10.6. The number of imidazole rings is 1. The standard InChI is InChI=1S/C13H17N3O/c1-10-8-12(15-17-10)9-16-7-6-14-13(16)11-4-2-3-5-11/h6-8,11H,2-5,9H2,1H3. The van der Waals surface area contributed by atoms with Gasteiger partial charge in [0.1, 0.15) is 17.3 Å². The van der Waals surface area contributed by atoms with E-state index < -0.39 is 0 Å². The predicted molar refractivity (Wildman–Crippen MR) is 63.8 cm³/mol. The van der Waals surface area contributed by atoms with Crippen molar-refractivity contribution in [3.63, 3.8) is 0 Å². The van der Waals surface area contributed by atoms with Crippen molar-refractivity contribution in [3.8, 4) is 0 Å². The molecule has 4 nitrogen and oxygen atoms in total. The summed E-state index contributed by atoms with van der Waals surface area (Å²) in [4.78, 5) is 4.51. The van der Waals surface area contributed by atoms with Crippen LogP contribution in [-0.4, -0.2) is 14.7 Å². The maximum Gasteiger partial charge on any atom is 0.133 e. The van der Waals surface area contributed by atoms with Crippen LogP contribution in [0.4, 0.5) is 0 Å². The van der Waals surface area contributed by atoms with Crippen LogP contribution in [0.3, 0.4) is 0 Å². The van der Waals surface area contributed by atoms with Gasteiger partial charge in [0, 0.05) is 24.4 Å². The smallest absolute Gasteiger partial charge is 0.133 e. The molecule has 90 valence electrons. The molecule has 1 fully saturated rings. The van der Waals surface area contributed by atoms with E-state index >= 15 is 0 Å². The third kappa shape index (κ3) is 2.12. The second kappa shape index (κ2) is 4.35. The Labute approximate surface area is 101 Å². The van der Waals surface area contributed by atoms with Crippen molar-refractivity contribution in [1.82, 2.24) is 14.7 Å². The van der Waals surface area contributed by atoms with Crippen LogP contribution in [0.2, 0.25) is 0 Å². The summed E-state index contributed by atoms with van der Waals surface area (Å²) in [5.74, 6) is 2.71. The largest absolute Gasteiger partial charge is 0.361 e. The highest BCUT2D eigenvalue weighted by Gasteiger charge is 2.21. The van der Waals surface area contributed by atoms with Gasteiger partial charge in [-0.25, -0.2) is 4.98 Å². The van der Waals surface area contributed by atoms with E-state index in [1.165, 1.54) is 31.5 Å². The summed E-state index contributed by atoms with van der Waals surface area (Å²) >= 11 is 0. The Hall–Kier alpha value is -1.58. The Morgan fingerprint density at radius 3 is 2.94 bits per heavy atom. The highest BCUT2D eigenvalue weighted by Crippen LogP contribution is 2.33. The first-order valence-electron chi connectivity index (χ1n) is 6.26. The molecule has 1 saturated carbocycles. The lowest BCUT2D eigenvalue weighted by Crippen LogP contribution is -2.07. The summed E-state index contributed by atoms with van der Waals surface area (Å²) in [6.45, 7) is 2.69. The average molecular weight is 231 g/mol. The van der Waals surface area contributed by atoms with Gasteiger partial charge < -0.3 is 9.09 Å². The van der Waals surface area contributed by atoms with Gasteiger partial charge in [-0.15, -0.1) is 0 Å². The number of nitrogens with zero attached hydrogens (tertiary/aromatic N) is 3. The number of hydrogen-bond acceptors (Lipinski definition) is 3. The van der Waals surface area contributed by atoms with Crippen molar-refractivity contribution in [3.05, 3.63) is 35.7 Å². The molecule has 2 aromatic heterocycles. The molecule has 2 aromatic rings. The van der Waals surface area contributed by atoms with Crippen LogP contribution >= 0.6 is 0 Å². The molecule has 0 unspecified atom stereocenters. The molecule has 0 bridgehead atoms. The molecule has 0 aromatic carbocycles. The summed E-state index contributed by atoms with van der Waals surface area (Å²) < 4.78 is 7.30. The highest BCUT2D eigenvalue weighted by atomic mass is 16.5. The molecule has 0 N–H and O–H groups in total. The van der Waals surface area contributed by atoms with Gasteiger partial charge >= 0.3 is 0 Å². The summed E-state index contributed by atoms with van der Waals surface area (Å²) in [6, 6.07) is 1.98. The second-order valence-corrected chi connectivity index (χ2v) is 4.82. The minimum absolute atomic E-state index is 0.637. The van der Waals surface area contributed by atoms with E-state index in [-0.39, 0.29) is 0 Å². The summed E-state index contributed by atoms with van der Waals surface area (Å²) in [6.07, 6.45) is 9.14. The fraction of sp³-hybridized carbons (Fsp3) is 0.538.